The summed E-state index contributed by atoms with van der Waals surface area (Å²) in [5, 5.41) is 0. The number of imidazole rings is 2. The van der Waals surface area contributed by atoms with Gasteiger partial charge in [-0.2, -0.15) is 0 Å². The molecule has 2 aromatic heterocycles. The van der Waals surface area contributed by atoms with Gasteiger partial charge in [-0.25, -0.2) is 9.97 Å². The zero-order valence-electron chi connectivity index (χ0n) is 36.7. The highest BCUT2D eigenvalue weighted by molar-refractivity contribution is 5.85. The molecule has 326 valence electrons. The van der Waals surface area contributed by atoms with Gasteiger partial charge in [0.25, 0.3) is 0 Å². The number of piperidine rings is 2. The van der Waals surface area contributed by atoms with E-state index in [-0.39, 0.29) is 36.0 Å². The molecular formula is C54H58N8O2. The number of rotatable bonds is 10. The molecule has 1 unspecified atom stereocenters. The summed E-state index contributed by atoms with van der Waals surface area (Å²) in [5.41, 5.74) is 7.93. The summed E-state index contributed by atoms with van der Waals surface area (Å²) in [6, 6.07) is 36.4. The third-order valence-corrected chi connectivity index (χ3v) is 13.8. The van der Waals surface area contributed by atoms with Crippen LogP contribution >= 0.6 is 0 Å². The van der Waals surface area contributed by atoms with E-state index in [1.165, 1.54) is 12.8 Å². The number of benzene rings is 4. The first-order valence-corrected chi connectivity index (χ1v) is 23.6. The van der Waals surface area contributed by atoms with Crippen molar-refractivity contribution in [2.75, 3.05) is 39.3 Å². The highest BCUT2D eigenvalue weighted by Crippen LogP contribution is 2.38. The zero-order valence-corrected chi connectivity index (χ0v) is 36.7. The third-order valence-electron chi connectivity index (χ3n) is 13.8. The molecule has 0 bridgehead atoms. The average molecular weight is 851 g/mol. The van der Waals surface area contributed by atoms with Crippen LogP contribution < -0.4 is 0 Å². The number of nitrogens with zero attached hydrogens (tertiary/aromatic N) is 6. The number of carbonyl (C=O) groups excluding carboxylic acids is 2. The van der Waals surface area contributed by atoms with Gasteiger partial charge in [0.15, 0.2) is 0 Å². The number of H-pyrrole nitrogens is 2. The van der Waals surface area contributed by atoms with Gasteiger partial charge in [0.1, 0.15) is 23.7 Å². The summed E-state index contributed by atoms with van der Waals surface area (Å²) in [7, 11) is 0. The van der Waals surface area contributed by atoms with E-state index in [1.54, 1.807) is 0 Å². The Bertz CT molecular complexity index is 2390. The Kier molecular flexibility index (Phi) is 12.5. The van der Waals surface area contributed by atoms with Crippen LogP contribution in [-0.4, -0.2) is 90.6 Å². The lowest BCUT2D eigenvalue weighted by molar-refractivity contribution is -0.139. The first-order chi connectivity index (χ1) is 31.6. The van der Waals surface area contributed by atoms with Gasteiger partial charge in [-0.1, -0.05) is 110 Å². The van der Waals surface area contributed by atoms with Gasteiger partial charge in [-0.15, -0.1) is 0 Å². The van der Waals surface area contributed by atoms with E-state index in [9.17, 15) is 9.59 Å². The minimum Gasteiger partial charge on any atom is -0.340 e. The van der Waals surface area contributed by atoms with E-state index in [0.29, 0.717) is 0 Å². The number of hydrogen-bond donors (Lipinski definition) is 2. The predicted molar refractivity (Wildman–Crippen MR) is 251 cm³/mol. The van der Waals surface area contributed by atoms with Crippen molar-refractivity contribution in [2.45, 2.75) is 88.4 Å². The highest BCUT2D eigenvalue weighted by Gasteiger charge is 2.40. The fourth-order valence-electron chi connectivity index (χ4n) is 10.5. The van der Waals surface area contributed by atoms with Crippen molar-refractivity contribution >= 4 is 11.8 Å². The molecule has 2 N–H and O–H groups in total. The van der Waals surface area contributed by atoms with E-state index in [0.717, 1.165) is 147 Å². The van der Waals surface area contributed by atoms with Crippen LogP contribution in [0.3, 0.4) is 0 Å². The molecular weight excluding hydrogens is 793 g/mol. The summed E-state index contributed by atoms with van der Waals surface area (Å²) in [5.74, 6) is 8.73. The first-order valence-electron chi connectivity index (χ1n) is 23.6. The maximum Gasteiger partial charge on any atom is 0.245 e. The SMILES string of the molecule is O=C([C@@H](c1ccccc1)N1CCCCC1)N1CCCC1c1ncc(-c2ccc(C#Cc3ccc(-c4cnc([C@@H]5CCCN5C(=O)[C@@H](c5ccccc5)N5CCCCC5)[nH]4)cc3)cc2)[nH]1. The molecule has 64 heavy (non-hydrogen) atoms. The van der Waals surface area contributed by atoms with Crippen molar-refractivity contribution in [2.24, 2.45) is 0 Å². The molecule has 10 heteroatoms. The van der Waals surface area contributed by atoms with Crippen LogP contribution in [0.2, 0.25) is 0 Å². The van der Waals surface area contributed by atoms with Crippen molar-refractivity contribution in [3.63, 3.8) is 0 Å². The Labute approximate surface area is 377 Å². The summed E-state index contributed by atoms with van der Waals surface area (Å²) < 4.78 is 0. The molecule has 2 amide bonds. The molecule has 10 nitrogen and oxygen atoms in total. The number of aromatic nitrogens is 4. The van der Waals surface area contributed by atoms with Crippen molar-refractivity contribution in [1.82, 2.24) is 39.5 Å². The van der Waals surface area contributed by atoms with Crippen LogP contribution in [0.1, 0.15) is 122 Å². The largest absolute Gasteiger partial charge is 0.340 e. The van der Waals surface area contributed by atoms with Crippen molar-refractivity contribution in [3.8, 4) is 34.4 Å². The molecule has 4 fully saturated rings. The fraction of sp³-hybridized carbons (Fsp3) is 0.370. The van der Waals surface area contributed by atoms with Crippen LogP contribution in [0.15, 0.2) is 122 Å². The lowest BCUT2D eigenvalue weighted by Gasteiger charge is -2.37. The Morgan fingerprint density at radius 3 is 1.27 bits per heavy atom. The van der Waals surface area contributed by atoms with Gasteiger partial charge in [0.05, 0.1) is 35.9 Å². The molecule has 0 saturated carbocycles. The van der Waals surface area contributed by atoms with Crippen molar-refractivity contribution in [3.05, 3.63) is 155 Å². The highest BCUT2D eigenvalue weighted by atomic mass is 16.2. The van der Waals surface area contributed by atoms with Gasteiger partial charge < -0.3 is 19.8 Å². The lowest BCUT2D eigenvalue weighted by Crippen LogP contribution is -2.44. The minimum absolute atomic E-state index is 0.0695. The smallest absolute Gasteiger partial charge is 0.245 e. The molecule has 0 aliphatic carbocycles. The Morgan fingerprint density at radius 2 is 0.875 bits per heavy atom. The molecule has 4 aliphatic rings. The predicted octanol–water partition coefficient (Wildman–Crippen LogP) is 9.65. The first kappa shape index (κ1) is 41.7. The average Bonchev–Trinajstić information content (AvgIpc) is 4.21. The summed E-state index contributed by atoms with van der Waals surface area (Å²) >= 11 is 0. The second-order valence-electron chi connectivity index (χ2n) is 18.0. The van der Waals surface area contributed by atoms with Crippen LogP contribution in [-0.2, 0) is 9.59 Å². The molecule has 6 heterocycles. The Morgan fingerprint density at radius 1 is 0.484 bits per heavy atom. The number of carbonyl (C=O) groups is 2. The normalized spacial score (nSPS) is 20.4. The maximum atomic E-state index is 14.4. The van der Waals surface area contributed by atoms with Crippen LogP contribution in [0.4, 0.5) is 0 Å². The number of aromatic amines is 2. The molecule has 0 radical (unpaired) electrons. The molecule has 4 saturated heterocycles. The van der Waals surface area contributed by atoms with Gasteiger partial charge in [-0.3, -0.25) is 19.4 Å². The quantitative estimate of drug-likeness (QED) is 0.133. The van der Waals surface area contributed by atoms with Crippen LogP contribution in [0.5, 0.6) is 0 Å². The number of amides is 2. The topological polar surface area (TPSA) is 104 Å². The Balaban J connectivity index is 0.780. The number of likely N-dealkylation sites (tertiary alicyclic amines) is 4. The molecule has 4 aromatic carbocycles. The maximum absolute atomic E-state index is 14.4. The van der Waals surface area contributed by atoms with Gasteiger partial charge in [-0.05, 0) is 124 Å². The third kappa shape index (κ3) is 8.93. The lowest BCUT2D eigenvalue weighted by atomic mass is 10.00. The molecule has 10 rings (SSSR count). The van der Waals surface area contributed by atoms with E-state index in [2.05, 4.69) is 89.9 Å². The molecule has 4 aliphatic heterocycles. The van der Waals surface area contributed by atoms with E-state index < -0.39 is 0 Å². The van der Waals surface area contributed by atoms with Crippen molar-refractivity contribution < 1.29 is 9.59 Å². The van der Waals surface area contributed by atoms with E-state index >= 15 is 0 Å². The molecule has 6 aromatic rings. The Hall–Kier alpha value is -6.28. The van der Waals surface area contributed by atoms with Crippen LogP contribution in [0, 0.1) is 11.8 Å². The second-order valence-corrected chi connectivity index (χ2v) is 18.0. The van der Waals surface area contributed by atoms with Crippen molar-refractivity contribution in [1.29, 1.82) is 0 Å². The van der Waals surface area contributed by atoms with Crippen LogP contribution in [0.25, 0.3) is 22.5 Å². The standard InChI is InChI=1S/C54H58N8O2/c63-53(49(43-15-5-1-6-16-43)59-31-9-3-10-32-59)61-35-13-19-47(61)51-55-37-45(57-51)41-27-23-39(24-28-41)21-22-40-25-29-42(30-26-40)46-38-56-52(58-46)48-20-14-36-62(48)54(64)50(44-17-7-2-8-18-44)60-33-11-4-12-34-60/h1-2,5-8,15-18,23-30,37-38,47-50H,3-4,9-14,19-20,31-36H2,(H,55,57)(H,56,58)/t47-,48?,49+,50+/m0/s1. The zero-order chi connectivity index (χ0) is 43.2. The van der Waals surface area contributed by atoms with E-state index in [1.807, 2.05) is 73.1 Å². The summed E-state index contributed by atoms with van der Waals surface area (Å²) in [6.45, 7) is 5.30. The van der Waals surface area contributed by atoms with Gasteiger partial charge in [0, 0.05) is 24.2 Å². The monoisotopic (exact) mass is 850 g/mol. The molecule has 0 spiro atoms. The second kappa shape index (κ2) is 19.2. The summed E-state index contributed by atoms with van der Waals surface area (Å²) in [6.07, 6.45) is 14.5. The molecule has 4 atom stereocenters. The van der Waals surface area contributed by atoms with Gasteiger partial charge in [0.2, 0.25) is 11.8 Å². The number of hydrogen-bond acceptors (Lipinski definition) is 6. The fourth-order valence-corrected chi connectivity index (χ4v) is 10.5. The minimum atomic E-state index is -0.261. The van der Waals surface area contributed by atoms with E-state index in [4.69, 9.17) is 9.97 Å². The summed E-state index contributed by atoms with van der Waals surface area (Å²) in [4.78, 5) is 54.4. The van der Waals surface area contributed by atoms with Gasteiger partial charge >= 0.3 is 0 Å². The number of nitrogens with one attached hydrogen (secondary N) is 2.